The SMILES string of the molecule is CS(=O)(=O)N1CCC(NC(=O)Cn2ccc(N)n2)CC1. The zero-order valence-electron chi connectivity index (χ0n) is 11.3. The van der Waals surface area contributed by atoms with E-state index in [-0.39, 0.29) is 18.5 Å². The lowest BCUT2D eigenvalue weighted by molar-refractivity contribution is -0.122. The fourth-order valence-electron chi connectivity index (χ4n) is 2.22. The van der Waals surface area contributed by atoms with Gasteiger partial charge in [0.25, 0.3) is 0 Å². The van der Waals surface area contributed by atoms with E-state index in [9.17, 15) is 13.2 Å². The summed E-state index contributed by atoms with van der Waals surface area (Å²) in [5.41, 5.74) is 5.47. The van der Waals surface area contributed by atoms with Crippen LogP contribution in [0.1, 0.15) is 12.8 Å². The first-order chi connectivity index (χ1) is 9.34. The normalized spacial score (nSPS) is 18.1. The molecule has 112 valence electrons. The third-order valence-corrected chi connectivity index (χ3v) is 4.56. The summed E-state index contributed by atoms with van der Waals surface area (Å²) in [6.07, 6.45) is 4.09. The van der Waals surface area contributed by atoms with E-state index >= 15 is 0 Å². The molecular weight excluding hydrogens is 282 g/mol. The van der Waals surface area contributed by atoms with Gasteiger partial charge in [0.1, 0.15) is 12.4 Å². The zero-order chi connectivity index (χ0) is 14.8. The average Bonchev–Trinajstić information content (AvgIpc) is 2.74. The Balaban J connectivity index is 1.79. The second kappa shape index (κ2) is 5.80. The molecule has 9 heteroatoms. The van der Waals surface area contributed by atoms with Gasteiger partial charge in [-0.3, -0.25) is 9.48 Å². The Labute approximate surface area is 118 Å². The van der Waals surface area contributed by atoms with Crippen molar-refractivity contribution in [2.45, 2.75) is 25.4 Å². The summed E-state index contributed by atoms with van der Waals surface area (Å²) in [6, 6.07) is 1.63. The van der Waals surface area contributed by atoms with Crippen molar-refractivity contribution in [3.63, 3.8) is 0 Å². The van der Waals surface area contributed by atoms with Crippen LogP contribution >= 0.6 is 0 Å². The van der Waals surface area contributed by atoms with Crippen LogP contribution in [0.5, 0.6) is 0 Å². The standard InChI is InChI=1S/C11H19N5O3S/c1-20(18,19)16-6-2-9(3-7-16)13-11(17)8-15-5-4-10(12)14-15/h4-5,9H,2-3,6-8H2,1H3,(H2,12,14)(H,13,17). The second-order valence-corrected chi connectivity index (χ2v) is 6.92. The van der Waals surface area contributed by atoms with Crippen molar-refractivity contribution < 1.29 is 13.2 Å². The lowest BCUT2D eigenvalue weighted by Gasteiger charge is -2.30. The second-order valence-electron chi connectivity index (χ2n) is 4.94. The number of amides is 1. The summed E-state index contributed by atoms with van der Waals surface area (Å²) < 4.78 is 25.7. The fraction of sp³-hybridized carbons (Fsp3) is 0.636. The summed E-state index contributed by atoms with van der Waals surface area (Å²) in [5.74, 6) is 0.227. The van der Waals surface area contributed by atoms with Gasteiger partial charge in [-0.25, -0.2) is 12.7 Å². The van der Waals surface area contributed by atoms with E-state index < -0.39 is 10.0 Å². The van der Waals surface area contributed by atoms with Crippen molar-refractivity contribution in [1.82, 2.24) is 19.4 Å². The quantitative estimate of drug-likeness (QED) is 0.741. The van der Waals surface area contributed by atoms with Gasteiger partial charge in [-0.2, -0.15) is 5.10 Å². The average molecular weight is 301 g/mol. The van der Waals surface area contributed by atoms with Gasteiger partial charge in [0.15, 0.2) is 0 Å². The molecule has 0 saturated carbocycles. The van der Waals surface area contributed by atoms with Crippen LogP contribution in [-0.2, 0) is 21.4 Å². The largest absolute Gasteiger partial charge is 0.382 e. The monoisotopic (exact) mass is 301 g/mol. The van der Waals surface area contributed by atoms with Crippen molar-refractivity contribution in [3.05, 3.63) is 12.3 Å². The molecule has 0 atom stereocenters. The molecule has 1 aliphatic rings. The highest BCUT2D eigenvalue weighted by Gasteiger charge is 2.25. The number of anilines is 1. The van der Waals surface area contributed by atoms with Gasteiger partial charge in [0, 0.05) is 25.3 Å². The number of carbonyl (C=O) groups is 1. The number of nitrogen functional groups attached to an aromatic ring is 1. The number of carbonyl (C=O) groups excluding carboxylic acids is 1. The summed E-state index contributed by atoms with van der Waals surface area (Å²) in [4.78, 5) is 11.8. The van der Waals surface area contributed by atoms with Gasteiger partial charge in [-0.1, -0.05) is 0 Å². The fourth-order valence-corrected chi connectivity index (χ4v) is 3.09. The molecule has 1 aliphatic heterocycles. The minimum absolute atomic E-state index is 0.00779. The van der Waals surface area contributed by atoms with E-state index in [1.54, 1.807) is 12.3 Å². The van der Waals surface area contributed by atoms with Crippen LogP contribution in [0.4, 0.5) is 5.82 Å². The number of nitrogens with one attached hydrogen (secondary N) is 1. The van der Waals surface area contributed by atoms with E-state index in [1.807, 2.05) is 0 Å². The summed E-state index contributed by atoms with van der Waals surface area (Å²) >= 11 is 0. The van der Waals surface area contributed by atoms with Crippen molar-refractivity contribution in [1.29, 1.82) is 0 Å². The molecule has 3 N–H and O–H groups in total. The molecule has 0 aliphatic carbocycles. The lowest BCUT2D eigenvalue weighted by Crippen LogP contribution is -2.46. The molecule has 1 fully saturated rings. The van der Waals surface area contributed by atoms with Gasteiger partial charge in [-0.15, -0.1) is 0 Å². The Morgan fingerprint density at radius 2 is 2.15 bits per heavy atom. The number of hydrogen-bond acceptors (Lipinski definition) is 5. The maximum absolute atomic E-state index is 11.8. The summed E-state index contributed by atoms with van der Waals surface area (Å²) in [5, 5.41) is 6.82. The van der Waals surface area contributed by atoms with Gasteiger partial charge >= 0.3 is 0 Å². The number of piperidine rings is 1. The van der Waals surface area contributed by atoms with Gasteiger partial charge < -0.3 is 11.1 Å². The van der Waals surface area contributed by atoms with Crippen LogP contribution in [0.25, 0.3) is 0 Å². The zero-order valence-corrected chi connectivity index (χ0v) is 12.1. The predicted octanol–water partition coefficient (Wildman–Crippen LogP) is -0.994. The Hall–Kier alpha value is -1.61. The molecule has 0 radical (unpaired) electrons. The molecule has 0 unspecified atom stereocenters. The first-order valence-electron chi connectivity index (χ1n) is 6.38. The Morgan fingerprint density at radius 3 is 2.65 bits per heavy atom. The maximum Gasteiger partial charge on any atom is 0.241 e. The first-order valence-corrected chi connectivity index (χ1v) is 8.23. The highest BCUT2D eigenvalue weighted by atomic mass is 32.2. The molecule has 2 heterocycles. The molecule has 0 spiro atoms. The van der Waals surface area contributed by atoms with Crippen molar-refractivity contribution in [2.24, 2.45) is 0 Å². The van der Waals surface area contributed by atoms with Crippen LogP contribution in [0.15, 0.2) is 12.3 Å². The number of aromatic nitrogens is 2. The van der Waals surface area contributed by atoms with E-state index in [0.717, 1.165) is 0 Å². The highest BCUT2D eigenvalue weighted by Crippen LogP contribution is 2.13. The van der Waals surface area contributed by atoms with Crippen molar-refractivity contribution >= 4 is 21.7 Å². The van der Waals surface area contributed by atoms with Crippen LogP contribution in [-0.4, -0.2) is 53.8 Å². The van der Waals surface area contributed by atoms with E-state index in [1.165, 1.54) is 15.2 Å². The summed E-state index contributed by atoms with van der Waals surface area (Å²) in [7, 11) is -3.13. The van der Waals surface area contributed by atoms with Crippen LogP contribution in [0.2, 0.25) is 0 Å². The van der Waals surface area contributed by atoms with Crippen LogP contribution in [0.3, 0.4) is 0 Å². The predicted molar refractivity (Wildman–Crippen MR) is 74.2 cm³/mol. The van der Waals surface area contributed by atoms with Crippen LogP contribution < -0.4 is 11.1 Å². The molecule has 0 bridgehead atoms. The van der Waals surface area contributed by atoms with E-state index in [0.29, 0.717) is 31.7 Å². The minimum atomic E-state index is -3.13. The van der Waals surface area contributed by atoms with Gasteiger partial charge in [-0.05, 0) is 18.9 Å². The van der Waals surface area contributed by atoms with Crippen molar-refractivity contribution in [2.75, 3.05) is 25.1 Å². The Bertz CT molecular complexity index is 575. The first kappa shape index (κ1) is 14.8. The topological polar surface area (TPSA) is 110 Å². The smallest absolute Gasteiger partial charge is 0.241 e. The molecule has 1 aromatic rings. The molecular formula is C11H19N5O3S. The highest BCUT2D eigenvalue weighted by molar-refractivity contribution is 7.88. The summed E-state index contributed by atoms with van der Waals surface area (Å²) in [6.45, 7) is 1.00. The Kier molecular flexibility index (Phi) is 4.29. The number of nitrogens with zero attached hydrogens (tertiary/aromatic N) is 3. The molecule has 8 nitrogen and oxygen atoms in total. The third-order valence-electron chi connectivity index (χ3n) is 3.25. The maximum atomic E-state index is 11.8. The Morgan fingerprint density at radius 1 is 1.50 bits per heavy atom. The molecule has 1 aromatic heterocycles. The van der Waals surface area contributed by atoms with Crippen LogP contribution in [0, 0.1) is 0 Å². The minimum Gasteiger partial charge on any atom is -0.382 e. The lowest BCUT2D eigenvalue weighted by atomic mass is 10.1. The number of sulfonamides is 1. The molecule has 1 amide bonds. The number of rotatable bonds is 4. The molecule has 1 saturated heterocycles. The van der Waals surface area contributed by atoms with Gasteiger partial charge in [0.05, 0.1) is 6.26 Å². The molecule has 0 aromatic carbocycles. The molecule has 20 heavy (non-hydrogen) atoms. The van der Waals surface area contributed by atoms with Gasteiger partial charge in [0.2, 0.25) is 15.9 Å². The third kappa shape index (κ3) is 3.94. The molecule has 2 rings (SSSR count). The number of hydrogen-bond donors (Lipinski definition) is 2. The van der Waals surface area contributed by atoms with E-state index in [2.05, 4.69) is 10.4 Å². The van der Waals surface area contributed by atoms with Crippen molar-refractivity contribution in [3.8, 4) is 0 Å². The van der Waals surface area contributed by atoms with E-state index in [4.69, 9.17) is 5.73 Å². The number of nitrogens with two attached hydrogens (primary N) is 1.